The van der Waals surface area contributed by atoms with Crippen LogP contribution in [0, 0.1) is 0 Å². The van der Waals surface area contributed by atoms with Crippen molar-refractivity contribution in [2.24, 2.45) is 0 Å². The molecule has 2 nitrogen and oxygen atoms in total. The van der Waals surface area contributed by atoms with Crippen LogP contribution in [0.5, 0.6) is 0 Å². The SMILES string of the molecule is CCSCCC(C)NCC1CCC2(CCCC2)O1. The zero-order chi connectivity index (χ0) is 12.8. The largest absolute Gasteiger partial charge is 0.370 e. The molecule has 1 aliphatic heterocycles. The van der Waals surface area contributed by atoms with E-state index in [1.165, 1.54) is 56.5 Å². The molecule has 0 radical (unpaired) electrons. The highest BCUT2D eigenvalue weighted by atomic mass is 32.2. The van der Waals surface area contributed by atoms with Crippen LogP contribution in [0.25, 0.3) is 0 Å². The summed E-state index contributed by atoms with van der Waals surface area (Å²) in [6.07, 6.45) is 9.71. The van der Waals surface area contributed by atoms with Gasteiger partial charge in [0, 0.05) is 12.6 Å². The van der Waals surface area contributed by atoms with Crippen molar-refractivity contribution in [3.8, 4) is 0 Å². The Morgan fingerprint density at radius 3 is 2.83 bits per heavy atom. The molecule has 0 aromatic carbocycles. The van der Waals surface area contributed by atoms with Gasteiger partial charge < -0.3 is 10.1 Å². The van der Waals surface area contributed by atoms with Gasteiger partial charge in [-0.3, -0.25) is 0 Å². The molecule has 2 aliphatic rings. The minimum absolute atomic E-state index is 0.299. The Labute approximate surface area is 117 Å². The molecule has 1 heterocycles. The summed E-state index contributed by atoms with van der Waals surface area (Å²) in [5.74, 6) is 2.51. The summed E-state index contributed by atoms with van der Waals surface area (Å²) in [6.45, 7) is 5.59. The van der Waals surface area contributed by atoms with Crippen molar-refractivity contribution in [1.29, 1.82) is 0 Å². The van der Waals surface area contributed by atoms with E-state index < -0.39 is 0 Å². The standard InChI is InChI=1S/C15H29NOS/c1-3-18-11-7-13(2)16-12-14-6-10-15(17-14)8-4-5-9-15/h13-14,16H,3-12H2,1-2H3. The van der Waals surface area contributed by atoms with E-state index in [0.717, 1.165) is 6.54 Å². The average molecular weight is 271 g/mol. The minimum Gasteiger partial charge on any atom is -0.370 e. The maximum absolute atomic E-state index is 6.32. The second-order valence-corrected chi connectivity index (χ2v) is 7.36. The molecular formula is C15H29NOS. The number of hydrogen-bond donors (Lipinski definition) is 1. The second kappa shape index (κ2) is 7.16. The van der Waals surface area contributed by atoms with Gasteiger partial charge in [0.05, 0.1) is 11.7 Å². The van der Waals surface area contributed by atoms with Gasteiger partial charge in [0.15, 0.2) is 0 Å². The summed E-state index contributed by atoms with van der Waals surface area (Å²) in [5, 5.41) is 3.65. The number of hydrogen-bond acceptors (Lipinski definition) is 3. The quantitative estimate of drug-likeness (QED) is 0.715. The molecule has 0 amide bonds. The number of thioether (sulfide) groups is 1. The molecule has 2 atom stereocenters. The van der Waals surface area contributed by atoms with Crippen LogP contribution < -0.4 is 5.32 Å². The molecule has 2 unspecified atom stereocenters. The van der Waals surface area contributed by atoms with Crippen molar-refractivity contribution in [1.82, 2.24) is 5.32 Å². The molecule has 18 heavy (non-hydrogen) atoms. The molecule has 1 aliphatic carbocycles. The fourth-order valence-corrected chi connectivity index (χ4v) is 4.07. The summed E-state index contributed by atoms with van der Waals surface area (Å²) in [6, 6.07) is 0.632. The Bertz CT molecular complexity index is 241. The Morgan fingerprint density at radius 1 is 1.33 bits per heavy atom. The van der Waals surface area contributed by atoms with Crippen LogP contribution in [0.3, 0.4) is 0 Å². The van der Waals surface area contributed by atoms with E-state index in [1.807, 2.05) is 11.8 Å². The van der Waals surface area contributed by atoms with Crippen LogP contribution in [-0.2, 0) is 4.74 Å². The Kier molecular flexibility index (Phi) is 5.84. The third-order valence-electron chi connectivity index (χ3n) is 4.45. The van der Waals surface area contributed by atoms with Gasteiger partial charge in [0.25, 0.3) is 0 Å². The third-order valence-corrected chi connectivity index (χ3v) is 5.38. The maximum atomic E-state index is 6.32. The first-order valence-electron chi connectivity index (χ1n) is 7.73. The fourth-order valence-electron chi connectivity index (χ4n) is 3.27. The first-order valence-corrected chi connectivity index (χ1v) is 8.88. The molecule has 2 fully saturated rings. The summed E-state index contributed by atoms with van der Waals surface area (Å²) < 4.78 is 6.32. The molecule has 3 heteroatoms. The molecule has 0 aromatic rings. The van der Waals surface area contributed by atoms with E-state index >= 15 is 0 Å². The van der Waals surface area contributed by atoms with E-state index in [0.29, 0.717) is 17.7 Å². The van der Waals surface area contributed by atoms with E-state index in [2.05, 4.69) is 19.2 Å². The van der Waals surface area contributed by atoms with E-state index in [-0.39, 0.29) is 0 Å². The molecule has 2 rings (SSSR count). The van der Waals surface area contributed by atoms with Gasteiger partial charge in [-0.15, -0.1) is 0 Å². The van der Waals surface area contributed by atoms with Crippen LogP contribution in [0.1, 0.15) is 58.8 Å². The maximum Gasteiger partial charge on any atom is 0.0708 e. The summed E-state index contributed by atoms with van der Waals surface area (Å²) in [7, 11) is 0. The van der Waals surface area contributed by atoms with Gasteiger partial charge in [0.2, 0.25) is 0 Å². The first kappa shape index (κ1) is 14.7. The first-order chi connectivity index (χ1) is 8.74. The highest BCUT2D eigenvalue weighted by molar-refractivity contribution is 7.99. The van der Waals surface area contributed by atoms with Gasteiger partial charge in [0.1, 0.15) is 0 Å². The molecule has 0 aromatic heterocycles. The smallest absolute Gasteiger partial charge is 0.0708 e. The topological polar surface area (TPSA) is 21.3 Å². The lowest BCUT2D eigenvalue weighted by molar-refractivity contribution is -0.0357. The van der Waals surface area contributed by atoms with E-state index in [9.17, 15) is 0 Å². The minimum atomic E-state index is 0.299. The highest BCUT2D eigenvalue weighted by Crippen LogP contribution is 2.43. The molecule has 1 N–H and O–H groups in total. The van der Waals surface area contributed by atoms with Crippen LogP contribution in [-0.4, -0.2) is 35.8 Å². The predicted molar refractivity (Wildman–Crippen MR) is 80.4 cm³/mol. The Hall–Kier alpha value is 0.270. The number of rotatable bonds is 7. The van der Waals surface area contributed by atoms with Crippen molar-refractivity contribution in [2.45, 2.75) is 76.5 Å². The Balaban J connectivity index is 1.60. The average Bonchev–Trinajstić information content (AvgIpc) is 2.98. The van der Waals surface area contributed by atoms with Crippen molar-refractivity contribution >= 4 is 11.8 Å². The van der Waals surface area contributed by atoms with Crippen molar-refractivity contribution in [3.63, 3.8) is 0 Å². The van der Waals surface area contributed by atoms with Gasteiger partial charge in [-0.1, -0.05) is 19.8 Å². The van der Waals surface area contributed by atoms with Gasteiger partial charge in [-0.25, -0.2) is 0 Å². The summed E-state index contributed by atoms with van der Waals surface area (Å²) in [5.41, 5.74) is 0.299. The monoisotopic (exact) mass is 271 g/mol. The van der Waals surface area contributed by atoms with E-state index in [1.54, 1.807) is 0 Å². The molecule has 1 saturated carbocycles. The van der Waals surface area contributed by atoms with Crippen molar-refractivity contribution in [2.75, 3.05) is 18.1 Å². The van der Waals surface area contributed by atoms with Gasteiger partial charge >= 0.3 is 0 Å². The summed E-state index contributed by atoms with van der Waals surface area (Å²) >= 11 is 2.04. The summed E-state index contributed by atoms with van der Waals surface area (Å²) in [4.78, 5) is 0. The lowest BCUT2D eigenvalue weighted by atomic mass is 9.98. The molecule has 0 bridgehead atoms. The molecule has 1 saturated heterocycles. The van der Waals surface area contributed by atoms with Crippen molar-refractivity contribution < 1.29 is 4.74 Å². The molecule has 106 valence electrons. The highest BCUT2D eigenvalue weighted by Gasteiger charge is 2.41. The molecular weight excluding hydrogens is 242 g/mol. The van der Waals surface area contributed by atoms with Crippen molar-refractivity contribution in [3.05, 3.63) is 0 Å². The predicted octanol–water partition coefficient (Wildman–Crippen LogP) is 3.60. The number of ether oxygens (including phenoxy) is 1. The Morgan fingerprint density at radius 2 is 2.11 bits per heavy atom. The van der Waals surface area contributed by atoms with Crippen LogP contribution in [0.2, 0.25) is 0 Å². The lowest BCUT2D eigenvalue weighted by Gasteiger charge is -2.24. The van der Waals surface area contributed by atoms with Crippen LogP contribution >= 0.6 is 11.8 Å². The van der Waals surface area contributed by atoms with Gasteiger partial charge in [-0.2, -0.15) is 11.8 Å². The second-order valence-electron chi connectivity index (χ2n) is 5.96. The lowest BCUT2D eigenvalue weighted by Crippen LogP contribution is -2.35. The number of nitrogens with one attached hydrogen (secondary N) is 1. The van der Waals surface area contributed by atoms with Crippen LogP contribution in [0.4, 0.5) is 0 Å². The zero-order valence-corrected chi connectivity index (χ0v) is 12.9. The normalized spacial score (nSPS) is 28.0. The van der Waals surface area contributed by atoms with Gasteiger partial charge in [-0.05, 0) is 50.5 Å². The fraction of sp³-hybridized carbons (Fsp3) is 1.00. The van der Waals surface area contributed by atoms with Crippen LogP contribution in [0.15, 0.2) is 0 Å². The third kappa shape index (κ3) is 4.14. The zero-order valence-electron chi connectivity index (χ0n) is 12.0. The van der Waals surface area contributed by atoms with E-state index in [4.69, 9.17) is 4.74 Å². The molecule has 1 spiro atoms.